The van der Waals surface area contributed by atoms with Crippen LogP contribution in [0.1, 0.15) is 36.0 Å². The molecule has 16 heavy (non-hydrogen) atoms. The van der Waals surface area contributed by atoms with Gasteiger partial charge in [-0.15, -0.1) is 11.8 Å². The van der Waals surface area contributed by atoms with Crippen molar-refractivity contribution in [2.24, 2.45) is 5.92 Å². The third-order valence-corrected chi connectivity index (χ3v) is 4.37. The van der Waals surface area contributed by atoms with Crippen molar-refractivity contribution in [3.63, 3.8) is 0 Å². The number of benzene rings is 1. The number of carbonyl (C=O) groups is 1. The number of hydrogen-bond donors (Lipinski definition) is 0. The molecule has 0 atom stereocenters. The van der Waals surface area contributed by atoms with E-state index in [1.165, 1.54) is 37.8 Å². The highest BCUT2D eigenvalue weighted by Gasteiger charge is 2.15. The summed E-state index contributed by atoms with van der Waals surface area (Å²) in [6.45, 7) is 0. The molecular weight excluding hydrogens is 223 g/mol. The summed E-state index contributed by atoms with van der Waals surface area (Å²) in [5.74, 6) is 1.48. The quantitative estimate of drug-likeness (QED) is 0.584. The van der Waals surface area contributed by atoms with Crippen molar-refractivity contribution in [1.82, 2.24) is 0 Å². The van der Waals surface area contributed by atoms with Gasteiger partial charge in [-0.1, -0.05) is 12.8 Å². The maximum Gasteiger partial charge on any atom is 0.151 e. The van der Waals surface area contributed by atoms with Crippen LogP contribution in [0.4, 0.5) is 4.39 Å². The Bertz CT molecular complexity index is 372. The van der Waals surface area contributed by atoms with Gasteiger partial charge >= 0.3 is 0 Å². The highest BCUT2D eigenvalue weighted by molar-refractivity contribution is 7.99. The predicted octanol–water partition coefficient (Wildman–Crippen LogP) is 3.92. The molecule has 0 spiro atoms. The predicted molar refractivity (Wildman–Crippen MR) is 64.5 cm³/mol. The highest BCUT2D eigenvalue weighted by Crippen LogP contribution is 2.32. The van der Waals surface area contributed by atoms with E-state index in [2.05, 4.69) is 0 Å². The Balaban J connectivity index is 1.99. The van der Waals surface area contributed by atoms with Crippen molar-refractivity contribution in [2.75, 3.05) is 5.75 Å². The Morgan fingerprint density at radius 2 is 2.12 bits per heavy atom. The molecule has 3 heteroatoms. The second kappa shape index (κ2) is 5.48. The van der Waals surface area contributed by atoms with E-state index < -0.39 is 0 Å². The average molecular weight is 238 g/mol. The second-order valence-electron chi connectivity index (χ2n) is 4.26. The molecule has 1 fully saturated rings. The maximum absolute atomic E-state index is 12.9. The number of carbonyl (C=O) groups excluding carboxylic acids is 1. The van der Waals surface area contributed by atoms with Gasteiger partial charge in [0.25, 0.3) is 0 Å². The molecule has 0 aliphatic heterocycles. The molecule has 1 saturated carbocycles. The molecule has 0 N–H and O–H groups in total. The molecule has 0 unspecified atom stereocenters. The van der Waals surface area contributed by atoms with Crippen molar-refractivity contribution < 1.29 is 9.18 Å². The second-order valence-corrected chi connectivity index (χ2v) is 5.32. The van der Waals surface area contributed by atoms with Gasteiger partial charge in [-0.3, -0.25) is 4.79 Å². The SMILES string of the molecule is O=Cc1cc(F)ccc1SCC1CCCC1. The Kier molecular flexibility index (Phi) is 3.99. The lowest BCUT2D eigenvalue weighted by molar-refractivity contribution is 0.112. The molecule has 1 aliphatic rings. The molecule has 1 aliphatic carbocycles. The van der Waals surface area contributed by atoms with Gasteiger partial charge in [-0.2, -0.15) is 0 Å². The van der Waals surface area contributed by atoms with Crippen LogP contribution >= 0.6 is 11.8 Å². The zero-order valence-corrected chi connectivity index (χ0v) is 9.93. The van der Waals surface area contributed by atoms with Crippen LogP contribution in [-0.2, 0) is 0 Å². The first-order valence-electron chi connectivity index (χ1n) is 5.67. The van der Waals surface area contributed by atoms with Crippen molar-refractivity contribution in [1.29, 1.82) is 0 Å². The van der Waals surface area contributed by atoms with Gasteiger partial charge in [-0.25, -0.2) is 4.39 Å². The van der Waals surface area contributed by atoms with Gasteiger partial charge in [0.05, 0.1) is 0 Å². The number of thioether (sulfide) groups is 1. The summed E-state index contributed by atoms with van der Waals surface area (Å²) < 4.78 is 12.9. The lowest BCUT2D eigenvalue weighted by Crippen LogP contribution is -1.97. The zero-order chi connectivity index (χ0) is 11.4. The lowest BCUT2D eigenvalue weighted by Gasteiger charge is -2.09. The zero-order valence-electron chi connectivity index (χ0n) is 9.12. The van der Waals surface area contributed by atoms with Crippen LogP contribution in [0.3, 0.4) is 0 Å². The summed E-state index contributed by atoms with van der Waals surface area (Å²) in [5.41, 5.74) is 0.475. The minimum absolute atomic E-state index is 0.340. The average Bonchev–Trinajstić information content (AvgIpc) is 2.80. The minimum atomic E-state index is -0.340. The van der Waals surface area contributed by atoms with E-state index in [1.54, 1.807) is 17.8 Å². The monoisotopic (exact) mass is 238 g/mol. The number of halogens is 1. The molecule has 0 amide bonds. The van der Waals surface area contributed by atoms with E-state index in [0.29, 0.717) is 5.56 Å². The first-order chi connectivity index (χ1) is 7.79. The van der Waals surface area contributed by atoms with Crippen molar-refractivity contribution in [2.45, 2.75) is 30.6 Å². The van der Waals surface area contributed by atoms with Gasteiger partial charge < -0.3 is 0 Å². The third-order valence-electron chi connectivity index (χ3n) is 3.05. The third kappa shape index (κ3) is 2.85. The molecule has 1 aromatic carbocycles. The van der Waals surface area contributed by atoms with Gasteiger partial charge in [0.15, 0.2) is 6.29 Å². The Hall–Kier alpha value is -0.830. The molecule has 0 heterocycles. The smallest absolute Gasteiger partial charge is 0.151 e. The fourth-order valence-electron chi connectivity index (χ4n) is 2.13. The van der Waals surface area contributed by atoms with Crippen LogP contribution in [0.25, 0.3) is 0 Å². The molecule has 0 bridgehead atoms. The van der Waals surface area contributed by atoms with Crippen molar-refractivity contribution in [3.8, 4) is 0 Å². The Morgan fingerprint density at radius 3 is 2.81 bits per heavy atom. The van der Waals surface area contributed by atoms with E-state index in [9.17, 15) is 9.18 Å². The van der Waals surface area contributed by atoms with Crippen LogP contribution in [0, 0.1) is 11.7 Å². The molecule has 0 radical (unpaired) electrons. The topological polar surface area (TPSA) is 17.1 Å². The molecule has 1 aromatic rings. The highest BCUT2D eigenvalue weighted by atomic mass is 32.2. The van der Waals surface area contributed by atoms with Crippen LogP contribution in [0.2, 0.25) is 0 Å². The lowest BCUT2D eigenvalue weighted by atomic mass is 10.1. The van der Waals surface area contributed by atoms with E-state index in [1.807, 2.05) is 0 Å². The van der Waals surface area contributed by atoms with Crippen LogP contribution in [0.5, 0.6) is 0 Å². The minimum Gasteiger partial charge on any atom is -0.298 e. The molecular formula is C13H15FOS. The van der Waals surface area contributed by atoms with E-state index >= 15 is 0 Å². The van der Waals surface area contributed by atoms with Gasteiger partial charge in [-0.05, 0) is 37.0 Å². The molecule has 2 rings (SSSR count). The number of hydrogen-bond acceptors (Lipinski definition) is 2. The van der Waals surface area contributed by atoms with E-state index in [0.717, 1.165) is 22.9 Å². The first-order valence-corrected chi connectivity index (χ1v) is 6.65. The summed E-state index contributed by atoms with van der Waals surface area (Å²) in [4.78, 5) is 11.7. The summed E-state index contributed by atoms with van der Waals surface area (Å²) in [7, 11) is 0. The normalized spacial score (nSPS) is 16.6. The number of rotatable bonds is 4. The van der Waals surface area contributed by atoms with Crippen LogP contribution < -0.4 is 0 Å². The van der Waals surface area contributed by atoms with Gasteiger partial charge in [0, 0.05) is 16.2 Å². The fraction of sp³-hybridized carbons (Fsp3) is 0.462. The molecule has 0 aromatic heterocycles. The summed E-state index contributed by atoms with van der Waals surface area (Å²) in [6, 6.07) is 4.44. The molecule has 0 saturated heterocycles. The standard InChI is InChI=1S/C13H15FOS/c14-12-5-6-13(11(7-12)8-15)16-9-10-3-1-2-4-10/h5-8,10H,1-4,9H2. The van der Waals surface area contributed by atoms with Crippen molar-refractivity contribution in [3.05, 3.63) is 29.6 Å². The summed E-state index contributed by atoms with van der Waals surface area (Å²) in [6.07, 6.45) is 5.99. The summed E-state index contributed by atoms with van der Waals surface area (Å²) >= 11 is 1.68. The maximum atomic E-state index is 12.9. The van der Waals surface area contributed by atoms with Crippen LogP contribution in [-0.4, -0.2) is 12.0 Å². The largest absolute Gasteiger partial charge is 0.298 e. The Labute approximate surface area is 99.4 Å². The van der Waals surface area contributed by atoms with Crippen molar-refractivity contribution >= 4 is 18.0 Å². The van der Waals surface area contributed by atoms with E-state index in [4.69, 9.17) is 0 Å². The van der Waals surface area contributed by atoms with Crippen LogP contribution in [0.15, 0.2) is 23.1 Å². The first kappa shape index (κ1) is 11.6. The van der Waals surface area contributed by atoms with Gasteiger partial charge in [0.1, 0.15) is 5.82 Å². The fourth-order valence-corrected chi connectivity index (χ4v) is 3.31. The van der Waals surface area contributed by atoms with Gasteiger partial charge in [0.2, 0.25) is 0 Å². The summed E-state index contributed by atoms with van der Waals surface area (Å²) in [5, 5.41) is 0. The molecule has 86 valence electrons. The molecule has 1 nitrogen and oxygen atoms in total. The van der Waals surface area contributed by atoms with E-state index in [-0.39, 0.29) is 5.82 Å². The number of aldehydes is 1. The Morgan fingerprint density at radius 1 is 1.38 bits per heavy atom.